The first-order valence-corrected chi connectivity index (χ1v) is 7.03. The molecule has 23 heavy (non-hydrogen) atoms. The van der Waals surface area contributed by atoms with E-state index < -0.39 is 5.97 Å². The fraction of sp³-hybridized carbons (Fsp3) is 0.105. The Kier molecular flexibility index (Phi) is 5.58. The van der Waals surface area contributed by atoms with Gasteiger partial charge in [0.1, 0.15) is 24.0 Å². The van der Waals surface area contributed by atoms with E-state index in [1.54, 1.807) is 14.0 Å². The Bertz CT molecular complexity index is 697. The van der Waals surface area contributed by atoms with Crippen LogP contribution in [-0.2, 0) is 9.53 Å². The Hall–Kier alpha value is -3.01. The zero-order chi connectivity index (χ0) is 16.7. The van der Waals surface area contributed by atoms with E-state index in [9.17, 15) is 4.79 Å². The molecule has 0 unspecified atom stereocenters. The first-order chi connectivity index (χ1) is 11.1. The van der Waals surface area contributed by atoms with Crippen LogP contribution in [0.4, 0.5) is 0 Å². The second-order valence-corrected chi connectivity index (χ2v) is 4.83. The molecule has 0 N–H and O–H groups in total. The number of carbonyl (C=O) groups is 1. The molecule has 0 saturated carbocycles. The molecule has 0 aliphatic heterocycles. The van der Waals surface area contributed by atoms with Gasteiger partial charge in [0.15, 0.2) is 0 Å². The molecule has 0 spiro atoms. The number of benzene rings is 2. The summed E-state index contributed by atoms with van der Waals surface area (Å²) in [5.74, 6) is 0.979. The highest BCUT2D eigenvalue weighted by molar-refractivity contribution is 5.87. The number of carbonyl (C=O) groups excluding carboxylic acids is 1. The molecule has 0 aliphatic rings. The van der Waals surface area contributed by atoms with Gasteiger partial charge >= 0.3 is 5.97 Å². The summed E-state index contributed by atoms with van der Waals surface area (Å²) in [6.07, 6.45) is 2.50. The van der Waals surface area contributed by atoms with Crippen molar-refractivity contribution < 1.29 is 19.0 Å². The Morgan fingerprint density at radius 2 is 1.43 bits per heavy atom. The smallest absolute Gasteiger partial charge is 0.338 e. The summed E-state index contributed by atoms with van der Waals surface area (Å²) < 4.78 is 15.3. The number of rotatable bonds is 6. The molecule has 0 aliphatic carbocycles. The maximum Gasteiger partial charge on any atom is 0.338 e. The molecule has 0 saturated heterocycles. The van der Waals surface area contributed by atoms with E-state index in [1.807, 2.05) is 48.5 Å². The summed E-state index contributed by atoms with van der Waals surface area (Å²) in [4.78, 5) is 11.2. The Morgan fingerprint density at radius 3 is 1.91 bits per heavy atom. The number of ether oxygens (including phenoxy) is 3. The van der Waals surface area contributed by atoms with Crippen LogP contribution in [0, 0.1) is 0 Å². The lowest BCUT2D eigenvalue weighted by Crippen LogP contribution is -1.99. The SMILES string of the molecule is C=C(C)C(=O)O/C=C\Oc1ccc(-c2ccc(OC)cc2)cc1. The van der Waals surface area contributed by atoms with Crippen molar-refractivity contribution in [2.24, 2.45) is 0 Å². The molecule has 0 radical (unpaired) electrons. The lowest BCUT2D eigenvalue weighted by atomic mass is 10.1. The van der Waals surface area contributed by atoms with Gasteiger partial charge in [-0.1, -0.05) is 30.8 Å². The van der Waals surface area contributed by atoms with Gasteiger partial charge in [-0.3, -0.25) is 0 Å². The fourth-order valence-electron chi connectivity index (χ4n) is 1.81. The van der Waals surface area contributed by atoms with Crippen molar-refractivity contribution in [3.63, 3.8) is 0 Å². The quantitative estimate of drug-likeness (QED) is 0.452. The second kappa shape index (κ2) is 7.84. The van der Waals surface area contributed by atoms with Crippen LogP contribution in [0.2, 0.25) is 0 Å². The van der Waals surface area contributed by atoms with Crippen LogP contribution in [0.3, 0.4) is 0 Å². The van der Waals surface area contributed by atoms with Crippen molar-refractivity contribution in [3.8, 4) is 22.6 Å². The zero-order valence-corrected chi connectivity index (χ0v) is 13.1. The summed E-state index contributed by atoms with van der Waals surface area (Å²) in [6.45, 7) is 5.06. The Labute approximate surface area is 135 Å². The summed E-state index contributed by atoms with van der Waals surface area (Å²) in [5, 5.41) is 0. The number of hydrogen-bond donors (Lipinski definition) is 0. The van der Waals surface area contributed by atoms with Gasteiger partial charge in [-0.15, -0.1) is 0 Å². The molecule has 0 atom stereocenters. The van der Waals surface area contributed by atoms with Gasteiger partial charge in [-0.05, 0) is 42.3 Å². The molecule has 4 heteroatoms. The first kappa shape index (κ1) is 16.4. The van der Waals surface area contributed by atoms with Crippen molar-refractivity contribution in [2.45, 2.75) is 6.92 Å². The normalized spacial score (nSPS) is 10.3. The average Bonchev–Trinajstić information content (AvgIpc) is 2.59. The second-order valence-electron chi connectivity index (χ2n) is 4.83. The van der Waals surface area contributed by atoms with E-state index >= 15 is 0 Å². The molecule has 2 rings (SSSR count). The van der Waals surface area contributed by atoms with Gasteiger partial charge in [-0.25, -0.2) is 4.79 Å². The van der Waals surface area contributed by atoms with E-state index in [0.29, 0.717) is 11.3 Å². The average molecular weight is 310 g/mol. The van der Waals surface area contributed by atoms with Crippen molar-refractivity contribution >= 4 is 5.97 Å². The highest BCUT2D eigenvalue weighted by Gasteiger charge is 2.00. The standard InChI is InChI=1S/C19H18O4/c1-14(2)19(20)23-13-12-22-18-10-6-16(7-11-18)15-4-8-17(21-3)9-5-15/h4-13H,1H2,2-3H3/b13-12-. The molecule has 118 valence electrons. The van der Waals surface area contributed by atoms with Gasteiger partial charge in [0.05, 0.1) is 7.11 Å². The fourth-order valence-corrected chi connectivity index (χ4v) is 1.81. The van der Waals surface area contributed by atoms with E-state index in [4.69, 9.17) is 14.2 Å². The highest BCUT2D eigenvalue weighted by Crippen LogP contribution is 2.24. The number of esters is 1. The van der Waals surface area contributed by atoms with Crippen LogP contribution < -0.4 is 9.47 Å². The van der Waals surface area contributed by atoms with Crippen LogP contribution in [0.15, 0.2) is 73.2 Å². The number of methoxy groups -OCH3 is 1. The maximum absolute atomic E-state index is 11.2. The van der Waals surface area contributed by atoms with Crippen LogP contribution in [-0.4, -0.2) is 13.1 Å². The molecule has 0 amide bonds. The van der Waals surface area contributed by atoms with E-state index in [0.717, 1.165) is 16.9 Å². The topological polar surface area (TPSA) is 44.8 Å². The molecule has 2 aromatic rings. The summed E-state index contributed by atoms with van der Waals surface area (Å²) in [6, 6.07) is 15.4. The van der Waals surface area contributed by atoms with Gasteiger partial charge in [-0.2, -0.15) is 0 Å². The van der Waals surface area contributed by atoms with Crippen molar-refractivity contribution in [1.82, 2.24) is 0 Å². The molecule has 2 aromatic carbocycles. The lowest BCUT2D eigenvalue weighted by Gasteiger charge is -2.05. The predicted octanol–water partition coefficient (Wildman–Crippen LogP) is 4.33. The molecule has 4 nitrogen and oxygen atoms in total. The van der Waals surface area contributed by atoms with Crippen molar-refractivity contribution in [2.75, 3.05) is 7.11 Å². The predicted molar refractivity (Wildman–Crippen MR) is 89.1 cm³/mol. The minimum Gasteiger partial charge on any atom is -0.497 e. The third-order valence-corrected chi connectivity index (χ3v) is 3.06. The Balaban J connectivity index is 1.95. The molecule has 0 fully saturated rings. The minimum absolute atomic E-state index is 0.332. The van der Waals surface area contributed by atoms with Gasteiger partial charge in [0.2, 0.25) is 0 Å². The summed E-state index contributed by atoms with van der Waals surface area (Å²) >= 11 is 0. The molecule has 0 heterocycles. The molecular formula is C19H18O4. The first-order valence-electron chi connectivity index (χ1n) is 7.03. The molecule has 0 aromatic heterocycles. The van der Waals surface area contributed by atoms with E-state index in [2.05, 4.69) is 6.58 Å². The third kappa shape index (κ3) is 4.74. The third-order valence-electron chi connectivity index (χ3n) is 3.06. The lowest BCUT2D eigenvalue weighted by molar-refractivity contribution is -0.133. The van der Waals surface area contributed by atoms with Crippen LogP contribution >= 0.6 is 0 Å². The highest BCUT2D eigenvalue weighted by atomic mass is 16.5. The van der Waals surface area contributed by atoms with Crippen LogP contribution in [0.1, 0.15) is 6.92 Å². The van der Waals surface area contributed by atoms with Crippen molar-refractivity contribution in [1.29, 1.82) is 0 Å². The van der Waals surface area contributed by atoms with Crippen LogP contribution in [0.25, 0.3) is 11.1 Å². The Morgan fingerprint density at radius 1 is 0.913 bits per heavy atom. The minimum atomic E-state index is -0.486. The van der Waals surface area contributed by atoms with Gasteiger partial charge < -0.3 is 14.2 Å². The largest absolute Gasteiger partial charge is 0.497 e. The number of hydrogen-bond acceptors (Lipinski definition) is 4. The zero-order valence-electron chi connectivity index (χ0n) is 13.1. The van der Waals surface area contributed by atoms with Crippen LogP contribution in [0.5, 0.6) is 11.5 Å². The summed E-state index contributed by atoms with van der Waals surface area (Å²) in [7, 11) is 1.64. The van der Waals surface area contributed by atoms with Crippen molar-refractivity contribution in [3.05, 3.63) is 73.2 Å². The maximum atomic E-state index is 11.2. The monoisotopic (exact) mass is 310 g/mol. The molecule has 0 bridgehead atoms. The van der Waals surface area contributed by atoms with E-state index in [1.165, 1.54) is 12.5 Å². The van der Waals surface area contributed by atoms with Gasteiger partial charge in [0.25, 0.3) is 0 Å². The summed E-state index contributed by atoms with van der Waals surface area (Å²) in [5.41, 5.74) is 2.49. The van der Waals surface area contributed by atoms with E-state index in [-0.39, 0.29) is 0 Å². The molecular weight excluding hydrogens is 292 g/mol. The van der Waals surface area contributed by atoms with Gasteiger partial charge in [0, 0.05) is 5.57 Å².